The second-order valence-corrected chi connectivity index (χ2v) is 8.06. The number of piperidine rings is 1. The van der Waals surface area contributed by atoms with Crippen LogP contribution in [0.15, 0.2) is 35.3 Å². The molecule has 1 aromatic carbocycles. The van der Waals surface area contributed by atoms with E-state index in [0.29, 0.717) is 0 Å². The van der Waals surface area contributed by atoms with Crippen molar-refractivity contribution in [1.82, 2.24) is 15.5 Å². The Balaban J connectivity index is 1.72. The van der Waals surface area contributed by atoms with Crippen LogP contribution >= 0.6 is 0 Å². The maximum absolute atomic E-state index is 9.81. The molecule has 3 N–H and O–H groups in total. The molecule has 2 fully saturated rings. The normalized spacial score (nSPS) is 22.1. The summed E-state index contributed by atoms with van der Waals surface area (Å²) in [6.45, 7) is 9.18. The Hall–Kier alpha value is -1.63. The van der Waals surface area contributed by atoms with Crippen LogP contribution in [-0.4, -0.2) is 67.0 Å². The lowest BCUT2D eigenvalue weighted by molar-refractivity contribution is 0.0372. The van der Waals surface area contributed by atoms with Crippen molar-refractivity contribution in [3.63, 3.8) is 0 Å². The number of aliphatic hydroxyl groups is 1. The van der Waals surface area contributed by atoms with Gasteiger partial charge in [-0.15, -0.1) is 0 Å². The summed E-state index contributed by atoms with van der Waals surface area (Å²) < 4.78 is 5.65. The maximum Gasteiger partial charge on any atom is 0.193 e. The molecule has 1 aromatic rings. The molecule has 28 heavy (non-hydrogen) atoms. The van der Waals surface area contributed by atoms with E-state index in [0.717, 1.165) is 71.0 Å². The quantitative estimate of drug-likeness (QED) is 0.515. The van der Waals surface area contributed by atoms with Crippen LogP contribution in [0.1, 0.15) is 51.1 Å². The summed E-state index contributed by atoms with van der Waals surface area (Å²) in [6.07, 6.45) is 3.38. The number of likely N-dealkylation sites (tertiary alicyclic amines) is 1. The first-order chi connectivity index (χ1) is 13.6. The van der Waals surface area contributed by atoms with Gasteiger partial charge in [-0.25, -0.2) is 0 Å². The highest BCUT2D eigenvalue weighted by Gasteiger charge is 2.34. The van der Waals surface area contributed by atoms with E-state index in [9.17, 15) is 5.11 Å². The molecule has 2 heterocycles. The van der Waals surface area contributed by atoms with E-state index in [2.05, 4.69) is 59.7 Å². The molecule has 156 valence electrons. The molecule has 0 amide bonds. The van der Waals surface area contributed by atoms with E-state index in [4.69, 9.17) is 9.73 Å². The molecule has 1 unspecified atom stereocenters. The Labute approximate surface area is 169 Å². The lowest BCUT2D eigenvalue weighted by Crippen LogP contribution is -2.54. The highest BCUT2D eigenvalue weighted by atomic mass is 16.5. The molecule has 0 spiro atoms. The first-order valence-electron chi connectivity index (χ1n) is 10.7. The highest BCUT2D eigenvalue weighted by Crippen LogP contribution is 2.26. The third-order valence-corrected chi connectivity index (χ3v) is 5.90. The summed E-state index contributed by atoms with van der Waals surface area (Å²) in [7, 11) is 0. The van der Waals surface area contributed by atoms with Crippen LogP contribution < -0.4 is 10.6 Å². The minimum Gasteiger partial charge on any atom is -0.393 e. The number of rotatable bonds is 6. The number of guanidine groups is 1. The molecule has 0 aliphatic carbocycles. The number of nitrogens with one attached hydrogen (secondary N) is 2. The third kappa shape index (κ3) is 5.69. The van der Waals surface area contributed by atoms with E-state index in [1.54, 1.807) is 0 Å². The predicted molar refractivity (Wildman–Crippen MR) is 114 cm³/mol. The minimum absolute atomic E-state index is 0.0521. The molecule has 0 saturated carbocycles. The minimum atomic E-state index is -0.172. The van der Waals surface area contributed by atoms with Gasteiger partial charge in [0.25, 0.3) is 0 Å². The van der Waals surface area contributed by atoms with Gasteiger partial charge in [0.1, 0.15) is 0 Å². The molecule has 2 aliphatic heterocycles. The number of nitrogens with zero attached hydrogens (tertiary/aromatic N) is 2. The van der Waals surface area contributed by atoms with Crippen molar-refractivity contribution >= 4 is 5.96 Å². The van der Waals surface area contributed by atoms with E-state index in [-0.39, 0.29) is 17.7 Å². The van der Waals surface area contributed by atoms with Gasteiger partial charge < -0.3 is 25.4 Å². The van der Waals surface area contributed by atoms with Gasteiger partial charge in [0, 0.05) is 44.4 Å². The smallest absolute Gasteiger partial charge is 0.193 e. The number of benzene rings is 1. The van der Waals surface area contributed by atoms with E-state index < -0.39 is 0 Å². The summed E-state index contributed by atoms with van der Waals surface area (Å²) in [5.74, 6) is 0.967. The zero-order valence-corrected chi connectivity index (χ0v) is 17.4. The van der Waals surface area contributed by atoms with E-state index >= 15 is 0 Å². The fraction of sp³-hybridized carbons (Fsp3) is 0.682. The molecule has 6 nitrogen and oxygen atoms in total. The molecular weight excluding hydrogens is 352 g/mol. The molecular formula is C22H36N4O2. The average molecular weight is 389 g/mol. The van der Waals surface area contributed by atoms with Crippen molar-refractivity contribution in [2.75, 3.05) is 39.4 Å². The molecule has 0 radical (unpaired) electrons. The highest BCUT2D eigenvalue weighted by molar-refractivity contribution is 5.80. The first kappa shape index (κ1) is 21.1. The van der Waals surface area contributed by atoms with Crippen molar-refractivity contribution in [2.45, 2.75) is 57.2 Å². The van der Waals surface area contributed by atoms with Crippen LogP contribution in [0, 0.1) is 0 Å². The Bertz CT molecular complexity index is 608. The molecule has 0 bridgehead atoms. The zero-order chi connectivity index (χ0) is 19.8. The van der Waals surface area contributed by atoms with Crippen LogP contribution in [0.5, 0.6) is 0 Å². The van der Waals surface area contributed by atoms with Gasteiger partial charge in [-0.2, -0.15) is 0 Å². The Kier molecular flexibility index (Phi) is 7.71. The predicted octanol–water partition coefficient (Wildman–Crippen LogP) is 2.31. The summed E-state index contributed by atoms with van der Waals surface area (Å²) in [5, 5.41) is 17.1. The van der Waals surface area contributed by atoms with Gasteiger partial charge in [0.05, 0.1) is 12.6 Å². The molecule has 1 atom stereocenters. The maximum atomic E-state index is 9.81. The van der Waals surface area contributed by atoms with Crippen molar-refractivity contribution in [3.05, 3.63) is 35.9 Å². The lowest BCUT2D eigenvalue weighted by Gasteiger charge is -2.40. The van der Waals surface area contributed by atoms with Crippen LogP contribution in [0.4, 0.5) is 0 Å². The number of aliphatic hydroxyl groups excluding tert-OH is 1. The largest absolute Gasteiger partial charge is 0.393 e. The Morgan fingerprint density at radius 2 is 1.93 bits per heavy atom. The monoisotopic (exact) mass is 388 g/mol. The van der Waals surface area contributed by atoms with Crippen molar-refractivity contribution in [2.24, 2.45) is 4.99 Å². The van der Waals surface area contributed by atoms with Gasteiger partial charge in [-0.3, -0.25) is 4.99 Å². The summed E-state index contributed by atoms with van der Waals surface area (Å²) in [5.41, 5.74) is 1.25. The lowest BCUT2D eigenvalue weighted by atomic mass is 9.88. The van der Waals surface area contributed by atoms with Crippen LogP contribution in [0.25, 0.3) is 0 Å². The van der Waals surface area contributed by atoms with Gasteiger partial charge in [-0.1, -0.05) is 30.3 Å². The SMILES string of the molecule is CCNC(=NCC1(NC(C)c2ccccc2)CCOCC1)N1CCC(O)CC1. The van der Waals surface area contributed by atoms with E-state index in [1.165, 1.54) is 5.56 Å². The zero-order valence-electron chi connectivity index (χ0n) is 17.4. The van der Waals surface area contributed by atoms with Gasteiger partial charge in [-0.05, 0) is 45.1 Å². The topological polar surface area (TPSA) is 69.1 Å². The van der Waals surface area contributed by atoms with Crippen LogP contribution in [-0.2, 0) is 4.74 Å². The number of ether oxygens (including phenoxy) is 1. The molecule has 2 saturated heterocycles. The van der Waals surface area contributed by atoms with Crippen molar-refractivity contribution in [1.29, 1.82) is 0 Å². The fourth-order valence-electron chi connectivity index (χ4n) is 4.12. The molecule has 0 aromatic heterocycles. The number of hydrogen-bond acceptors (Lipinski definition) is 4. The summed E-state index contributed by atoms with van der Waals surface area (Å²) >= 11 is 0. The van der Waals surface area contributed by atoms with Crippen molar-refractivity contribution < 1.29 is 9.84 Å². The number of hydrogen-bond donors (Lipinski definition) is 3. The Morgan fingerprint density at radius 3 is 2.57 bits per heavy atom. The molecule has 3 rings (SSSR count). The van der Waals surface area contributed by atoms with E-state index in [1.807, 2.05) is 0 Å². The van der Waals surface area contributed by atoms with Gasteiger partial charge in [0.2, 0.25) is 0 Å². The second kappa shape index (κ2) is 10.2. The van der Waals surface area contributed by atoms with Crippen molar-refractivity contribution in [3.8, 4) is 0 Å². The average Bonchev–Trinajstić information content (AvgIpc) is 2.73. The summed E-state index contributed by atoms with van der Waals surface area (Å²) in [6, 6.07) is 10.9. The number of aliphatic imine (C=N–C) groups is 1. The van der Waals surface area contributed by atoms with Gasteiger partial charge >= 0.3 is 0 Å². The van der Waals surface area contributed by atoms with Crippen LogP contribution in [0.3, 0.4) is 0 Å². The fourth-order valence-corrected chi connectivity index (χ4v) is 4.12. The third-order valence-electron chi connectivity index (χ3n) is 5.90. The Morgan fingerprint density at radius 1 is 1.25 bits per heavy atom. The van der Waals surface area contributed by atoms with Crippen LogP contribution in [0.2, 0.25) is 0 Å². The molecule has 6 heteroatoms. The molecule has 2 aliphatic rings. The first-order valence-corrected chi connectivity index (χ1v) is 10.7. The standard InChI is InChI=1S/C22H36N4O2/c1-3-23-21(26-13-9-20(27)10-14-26)24-17-22(11-15-28-16-12-22)25-18(2)19-7-5-4-6-8-19/h4-8,18,20,25,27H,3,9-17H2,1-2H3,(H,23,24). The van der Waals surface area contributed by atoms with Gasteiger partial charge in [0.15, 0.2) is 5.96 Å². The summed E-state index contributed by atoms with van der Waals surface area (Å²) in [4.78, 5) is 7.32. The second-order valence-electron chi connectivity index (χ2n) is 8.06.